The lowest BCUT2D eigenvalue weighted by molar-refractivity contribution is -0.171. The van der Waals surface area contributed by atoms with Crippen molar-refractivity contribution in [2.75, 3.05) is 13.2 Å². The second-order valence-electron chi connectivity index (χ2n) is 9.44. The summed E-state index contributed by atoms with van der Waals surface area (Å²) >= 11 is 0. The molecule has 2 saturated carbocycles. The smallest absolute Gasteiger partial charge is 0.307 e. The summed E-state index contributed by atoms with van der Waals surface area (Å²) in [6, 6.07) is 0. The van der Waals surface area contributed by atoms with Gasteiger partial charge in [0.25, 0.3) is 0 Å². The first-order valence-electron chi connectivity index (χ1n) is 10.7. The van der Waals surface area contributed by atoms with Gasteiger partial charge in [0.1, 0.15) is 5.78 Å². The molecular formula is C22H36O4. The van der Waals surface area contributed by atoms with E-state index in [1.54, 1.807) is 6.92 Å². The van der Waals surface area contributed by atoms with E-state index in [0.717, 1.165) is 71.0 Å². The Morgan fingerprint density at radius 3 is 2.50 bits per heavy atom. The predicted octanol–water partition coefficient (Wildman–Crippen LogP) is 4.71. The van der Waals surface area contributed by atoms with Gasteiger partial charge in [-0.25, -0.2) is 0 Å². The minimum atomic E-state index is -0.634. The van der Waals surface area contributed by atoms with Crippen LogP contribution in [-0.4, -0.2) is 30.1 Å². The van der Waals surface area contributed by atoms with Gasteiger partial charge in [0.2, 0.25) is 0 Å². The maximum absolute atomic E-state index is 12.5. The first kappa shape index (κ1) is 19.9. The molecule has 0 aromatic heterocycles. The van der Waals surface area contributed by atoms with Gasteiger partial charge in [-0.15, -0.1) is 0 Å². The summed E-state index contributed by atoms with van der Waals surface area (Å²) in [4.78, 5) is 24.6. The van der Waals surface area contributed by atoms with Crippen molar-refractivity contribution in [3.05, 3.63) is 0 Å². The number of ether oxygens (including phenoxy) is 1. The Morgan fingerprint density at radius 1 is 1.15 bits per heavy atom. The van der Waals surface area contributed by atoms with Gasteiger partial charge in [0.15, 0.2) is 0 Å². The Bertz CT molecular complexity index is 538. The van der Waals surface area contributed by atoms with Gasteiger partial charge in [-0.2, -0.15) is 0 Å². The zero-order valence-corrected chi connectivity index (χ0v) is 16.8. The Labute approximate surface area is 158 Å². The molecule has 1 aliphatic heterocycles. The van der Waals surface area contributed by atoms with E-state index in [2.05, 4.69) is 13.8 Å². The van der Waals surface area contributed by atoms with Crippen LogP contribution in [0, 0.1) is 34.5 Å². The third-order valence-corrected chi connectivity index (χ3v) is 8.43. The minimum absolute atomic E-state index is 0.0109. The van der Waals surface area contributed by atoms with E-state index in [0.29, 0.717) is 17.6 Å². The van der Waals surface area contributed by atoms with Crippen LogP contribution in [0.15, 0.2) is 0 Å². The van der Waals surface area contributed by atoms with Gasteiger partial charge in [0, 0.05) is 19.1 Å². The third-order valence-electron chi connectivity index (χ3n) is 8.43. The monoisotopic (exact) mass is 364 g/mol. The van der Waals surface area contributed by atoms with Crippen molar-refractivity contribution in [1.82, 2.24) is 0 Å². The van der Waals surface area contributed by atoms with Crippen molar-refractivity contribution in [3.63, 3.8) is 0 Å². The fraction of sp³-hybridized carbons (Fsp3) is 0.909. The lowest BCUT2D eigenvalue weighted by Gasteiger charge is -2.61. The van der Waals surface area contributed by atoms with Gasteiger partial charge >= 0.3 is 5.97 Å². The zero-order chi connectivity index (χ0) is 18.9. The van der Waals surface area contributed by atoms with Crippen molar-refractivity contribution in [2.24, 2.45) is 34.5 Å². The molecule has 6 atom stereocenters. The summed E-state index contributed by atoms with van der Waals surface area (Å²) in [5.41, 5.74) is -0.201. The molecule has 4 nitrogen and oxygen atoms in total. The first-order chi connectivity index (χ1) is 12.3. The largest absolute Gasteiger partial charge is 0.481 e. The van der Waals surface area contributed by atoms with E-state index in [4.69, 9.17) is 4.74 Å². The summed E-state index contributed by atoms with van der Waals surface area (Å²) in [5, 5.41) is 10.00. The zero-order valence-electron chi connectivity index (χ0n) is 16.8. The molecule has 0 bridgehead atoms. The van der Waals surface area contributed by atoms with E-state index in [1.807, 2.05) is 0 Å². The molecule has 3 fully saturated rings. The number of carbonyl (C=O) groups excluding carboxylic acids is 1. The highest BCUT2D eigenvalue weighted by Gasteiger charge is 2.60. The lowest BCUT2D eigenvalue weighted by atomic mass is 9.42. The first-order valence-corrected chi connectivity index (χ1v) is 10.7. The summed E-state index contributed by atoms with van der Waals surface area (Å²) in [5.74, 6) is 0.447. The number of hydrogen-bond donors (Lipinski definition) is 1. The van der Waals surface area contributed by atoms with Gasteiger partial charge < -0.3 is 9.84 Å². The fourth-order valence-electron chi connectivity index (χ4n) is 7.02. The molecule has 1 heterocycles. The van der Waals surface area contributed by atoms with Crippen molar-refractivity contribution in [1.29, 1.82) is 0 Å². The number of hydrogen-bond acceptors (Lipinski definition) is 3. The standard InChI is InChI=1S/C22H36O4/c1-4-22-12-9-18(20(24)25)21(3,11-8-16-10-13-26-14-16)19(22)7-5-6-17(22)15(2)23/h16-19H,4-14H2,1-3H3,(H,24,25)/t16?,17-,18-,19?,21-,22-/m0/s1. The van der Waals surface area contributed by atoms with E-state index in [9.17, 15) is 14.7 Å². The molecule has 0 aromatic rings. The quantitative estimate of drug-likeness (QED) is 0.741. The van der Waals surface area contributed by atoms with Crippen LogP contribution in [0.4, 0.5) is 0 Å². The molecule has 2 unspecified atom stereocenters. The van der Waals surface area contributed by atoms with E-state index in [-0.39, 0.29) is 22.7 Å². The molecule has 2 aliphatic carbocycles. The number of carboxylic acid groups (broad SMARTS) is 1. The molecule has 0 radical (unpaired) electrons. The number of rotatable bonds is 6. The average molecular weight is 365 g/mol. The van der Waals surface area contributed by atoms with Crippen LogP contribution in [0.3, 0.4) is 0 Å². The Morgan fingerprint density at radius 2 is 1.92 bits per heavy atom. The second kappa shape index (κ2) is 7.61. The molecule has 1 saturated heterocycles. The van der Waals surface area contributed by atoms with Crippen LogP contribution in [0.2, 0.25) is 0 Å². The van der Waals surface area contributed by atoms with Crippen LogP contribution in [0.25, 0.3) is 0 Å². The highest BCUT2D eigenvalue weighted by Crippen LogP contribution is 2.65. The summed E-state index contributed by atoms with van der Waals surface area (Å²) in [7, 11) is 0. The van der Waals surface area contributed by atoms with Gasteiger partial charge in [-0.3, -0.25) is 9.59 Å². The number of carboxylic acids is 1. The summed E-state index contributed by atoms with van der Waals surface area (Å²) in [6.45, 7) is 7.88. The van der Waals surface area contributed by atoms with Crippen molar-refractivity contribution in [3.8, 4) is 0 Å². The molecule has 3 aliphatic rings. The average Bonchev–Trinajstić information content (AvgIpc) is 3.13. The number of fused-ring (bicyclic) bond motifs is 1. The van der Waals surface area contributed by atoms with Gasteiger partial charge in [0.05, 0.1) is 5.92 Å². The Balaban J connectivity index is 1.92. The maximum atomic E-state index is 12.5. The minimum Gasteiger partial charge on any atom is -0.481 e. The van der Waals surface area contributed by atoms with E-state index < -0.39 is 5.97 Å². The maximum Gasteiger partial charge on any atom is 0.307 e. The second-order valence-corrected chi connectivity index (χ2v) is 9.44. The number of aliphatic carboxylic acids is 1. The van der Waals surface area contributed by atoms with Gasteiger partial charge in [-0.1, -0.05) is 20.3 Å². The topological polar surface area (TPSA) is 63.6 Å². The summed E-state index contributed by atoms with van der Waals surface area (Å²) in [6.07, 6.45) is 8.87. The Hall–Kier alpha value is -0.900. The van der Waals surface area contributed by atoms with Gasteiger partial charge in [-0.05, 0) is 81.0 Å². The molecular weight excluding hydrogens is 328 g/mol. The number of carbonyl (C=O) groups is 2. The predicted molar refractivity (Wildman–Crippen MR) is 101 cm³/mol. The molecule has 0 aromatic carbocycles. The highest BCUT2D eigenvalue weighted by atomic mass is 16.5. The van der Waals surface area contributed by atoms with Crippen LogP contribution >= 0.6 is 0 Å². The molecule has 1 N–H and O–H groups in total. The lowest BCUT2D eigenvalue weighted by Crippen LogP contribution is -2.57. The molecule has 0 amide bonds. The van der Waals surface area contributed by atoms with Crippen LogP contribution in [-0.2, 0) is 14.3 Å². The molecule has 148 valence electrons. The molecule has 3 rings (SSSR count). The number of ketones is 1. The Kier molecular flexibility index (Phi) is 5.81. The fourth-order valence-corrected chi connectivity index (χ4v) is 7.02. The molecule has 0 spiro atoms. The van der Waals surface area contributed by atoms with Crippen LogP contribution in [0.1, 0.15) is 78.6 Å². The third kappa shape index (κ3) is 3.23. The molecule has 4 heteroatoms. The van der Waals surface area contributed by atoms with E-state index >= 15 is 0 Å². The van der Waals surface area contributed by atoms with Crippen molar-refractivity contribution < 1.29 is 19.4 Å². The number of Topliss-reactive ketones (excluding diaryl/α,β-unsaturated/α-hetero) is 1. The molecule has 26 heavy (non-hydrogen) atoms. The normalized spacial score (nSPS) is 43.0. The SMILES string of the molecule is CC[C@@]12CC[C@@H](C(=O)O)[C@](C)(CCC3CCOC3)C1CCC[C@H]2C(C)=O. The highest BCUT2D eigenvalue weighted by molar-refractivity contribution is 5.79. The van der Waals surface area contributed by atoms with Crippen molar-refractivity contribution in [2.45, 2.75) is 78.6 Å². The van der Waals surface area contributed by atoms with E-state index in [1.165, 1.54) is 0 Å². The summed E-state index contributed by atoms with van der Waals surface area (Å²) < 4.78 is 5.54. The van der Waals surface area contributed by atoms with Crippen molar-refractivity contribution >= 4 is 11.8 Å². The van der Waals surface area contributed by atoms with Crippen LogP contribution < -0.4 is 0 Å². The van der Waals surface area contributed by atoms with Crippen LogP contribution in [0.5, 0.6) is 0 Å².